The summed E-state index contributed by atoms with van der Waals surface area (Å²) in [5.41, 5.74) is 8.10. The van der Waals surface area contributed by atoms with E-state index >= 15 is 0 Å². The first-order chi connectivity index (χ1) is 12.7. The molecule has 0 spiro atoms. The lowest BCUT2D eigenvalue weighted by atomic mass is 9.96. The van der Waals surface area contributed by atoms with Crippen LogP contribution in [0.1, 0.15) is 70.2 Å². The zero-order chi connectivity index (χ0) is 19.6. The van der Waals surface area contributed by atoms with Crippen molar-refractivity contribution >= 4 is 5.97 Å². The van der Waals surface area contributed by atoms with Crippen molar-refractivity contribution in [1.82, 2.24) is 9.96 Å². The minimum absolute atomic E-state index is 0.0713. The van der Waals surface area contributed by atoms with E-state index < -0.39 is 5.41 Å². The summed E-state index contributed by atoms with van der Waals surface area (Å²) in [6, 6.07) is 9.35. The number of piperazine rings is 1. The van der Waals surface area contributed by atoms with Crippen LogP contribution >= 0.6 is 0 Å². The summed E-state index contributed by atoms with van der Waals surface area (Å²) in [7, 11) is 0. The number of nitrogens with two attached hydrogens (primary N) is 1. The fourth-order valence-corrected chi connectivity index (χ4v) is 3.55. The Balaban J connectivity index is 1.62. The Labute approximate surface area is 163 Å². The average Bonchev–Trinajstić information content (AvgIpc) is 3.44. The lowest BCUT2D eigenvalue weighted by molar-refractivity contribution is -0.208. The minimum atomic E-state index is -0.465. The molecule has 2 atom stereocenters. The SMILES string of the molecule is C[C@H](N)c1ccc([C@H](CC2CC2)N2CCN(OC(=O)C(C)(C)C)CC2)cc1. The second kappa shape index (κ2) is 8.29. The van der Waals surface area contributed by atoms with Crippen molar-refractivity contribution in [1.29, 1.82) is 0 Å². The summed E-state index contributed by atoms with van der Waals surface area (Å²) < 4.78 is 0. The van der Waals surface area contributed by atoms with Gasteiger partial charge in [0.1, 0.15) is 0 Å². The maximum Gasteiger partial charge on any atom is 0.330 e. The van der Waals surface area contributed by atoms with E-state index in [1.54, 1.807) is 0 Å². The maximum atomic E-state index is 12.1. The second-order valence-electron chi connectivity index (χ2n) is 9.24. The van der Waals surface area contributed by atoms with Crippen LogP contribution in [-0.2, 0) is 9.63 Å². The maximum absolute atomic E-state index is 12.1. The smallest absolute Gasteiger partial charge is 0.330 e. The molecule has 0 aromatic heterocycles. The topological polar surface area (TPSA) is 58.8 Å². The van der Waals surface area contributed by atoms with Gasteiger partial charge < -0.3 is 10.6 Å². The largest absolute Gasteiger partial charge is 0.367 e. The van der Waals surface area contributed by atoms with Crippen LogP contribution in [0, 0.1) is 11.3 Å². The third kappa shape index (κ3) is 5.53. The number of benzene rings is 1. The van der Waals surface area contributed by atoms with Gasteiger partial charge >= 0.3 is 5.97 Å². The molecule has 1 saturated carbocycles. The highest BCUT2D eigenvalue weighted by Crippen LogP contribution is 2.40. The highest BCUT2D eigenvalue weighted by atomic mass is 16.7. The Hall–Kier alpha value is -1.43. The van der Waals surface area contributed by atoms with E-state index in [4.69, 9.17) is 10.6 Å². The molecular formula is C22H35N3O2. The molecule has 1 heterocycles. The lowest BCUT2D eigenvalue weighted by Gasteiger charge is -2.39. The van der Waals surface area contributed by atoms with Crippen LogP contribution < -0.4 is 5.73 Å². The number of hydroxylamine groups is 2. The molecule has 1 aromatic rings. The van der Waals surface area contributed by atoms with Gasteiger partial charge in [0.2, 0.25) is 0 Å². The van der Waals surface area contributed by atoms with Crippen molar-refractivity contribution in [2.45, 2.75) is 59.0 Å². The van der Waals surface area contributed by atoms with Crippen LogP contribution in [0.2, 0.25) is 0 Å². The van der Waals surface area contributed by atoms with E-state index in [0.29, 0.717) is 6.04 Å². The Bertz CT molecular complexity index is 624. The van der Waals surface area contributed by atoms with Gasteiger partial charge in [-0.3, -0.25) is 4.90 Å². The van der Waals surface area contributed by atoms with Gasteiger partial charge in [0, 0.05) is 38.3 Å². The standard InChI is InChI=1S/C22H35N3O2/c1-16(23)18-7-9-19(10-8-18)20(15-17-5-6-17)24-11-13-25(14-12-24)27-21(26)22(2,3)4/h7-10,16-17,20H,5-6,11-15,23H2,1-4H3/t16-,20-/m0/s1. The molecule has 150 valence electrons. The van der Waals surface area contributed by atoms with E-state index in [1.807, 2.05) is 32.8 Å². The summed E-state index contributed by atoms with van der Waals surface area (Å²) in [4.78, 5) is 20.3. The Morgan fingerprint density at radius 2 is 1.67 bits per heavy atom. The summed E-state index contributed by atoms with van der Waals surface area (Å²) in [6.45, 7) is 11.1. The molecule has 1 aromatic carbocycles. The van der Waals surface area contributed by atoms with Gasteiger partial charge in [0.15, 0.2) is 0 Å². The third-order valence-corrected chi connectivity index (χ3v) is 5.64. The molecule has 5 heteroatoms. The number of carbonyl (C=O) groups excluding carboxylic acids is 1. The molecule has 1 aliphatic heterocycles. The van der Waals surface area contributed by atoms with Crippen LogP contribution in [0.5, 0.6) is 0 Å². The van der Waals surface area contributed by atoms with Gasteiger partial charge in [-0.15, -0.1) is 5.06 Å². The van der Waals surface area contributed by atoms with Crippen LogP contribution in [0.3, 0.4) is 0 Å². The molecule has 1 aliphatic carbocycles. The number of rotatable bonds is 6. The van der Waals surface area contributed by atoms with Crippen molar-refractivity contribution in [3.8, 4) is 0 Å². The second-order valence-corrected chi connectivity index (χ2v) is 9.24. The molecule has 2 fully saturated rings. The molecule has 27 heavy (non-hydrogen) atoms. The van der Waals surface area contributed by atoms with Gasteiger partial charge in [0.25, 0.3) is 0 Å². The zero-order valence-electron chi connectivity index (χ0n) is 17.3. The monoisotopic (exact) mass is 373 g/mol. The highest BCUT2D eigenvalue weighted by molar-refractivity contribution is 5.75. The van der Waals surface area contributed by atoms with E-state index in [2.05, 4.69) is 29.2 Å². The predicted molar refractivity (Wildman–Crippen MR) is 108 cm³/mol. The van der Waals surface area contributed by atoms with E-state index in [1.165, 1.54) is 30.4 Å². The third-order valence-electron chi connectivity index (χ3n) is 5.64. The van der Waals surface area contributed by atoms with Crippen LogP contribution in [0.15, 0.2) is 24.3 Å². The normalized spacial score (nSPS) is 21.7. The number of hydrogen-bond donors (Lipinski definition) is 1. The predicted octanol–water partition coefficient (Wildman–Crippen LogP) is 3.67. The van der Waals surface area contributed by atoms with Gasteiger partial charge in [-0.05, 0) is 51.2 Å². The van der Waals surface area contributed by atoms with Crippen molar-refractivity contribution in [2.24, 2.45) is 17.1 Å². The number of hydrogen-bond acceptors (Lipinski definition) is 5. The zero-order valence-corrected chi connectivity index (χ0v) is 17.3. The van der Waals surface area contributed by atoms with Gasteiger partial charge in [0.05, 0.1) is 5.41 Å². The first-order valence-electron chi connectivity index (χ1n) is 10.3. The molecule has 3 rings (SSSR count). The summed E-state index contributed by atoms with van der Waals surface area (Å²) in [5.74, 6) is 0.705. The number of carbonyl (C=O) groups is 1. The van der Waals surface area contributed by atoms with E-state index in [9.17, 15) is 4.79 Å². The molecule has 5 nitrogen and oxygen atoms in total. The van der Waals surface area contributed by atoms with Crippen molar-refractivity contribution < 1.29 is 9.63 Å². The molecule has 0 bridgehead atoms. The molecule has 2 aliphatic rings. The summed E-state index contributed by atoms with van der Waals surface area (Å²) >= 11 is 0. The molecular weight excluding hydrogens is 338 g/mol. The molecule has 0 radical (unpaired) electrons. The Morgan fingerprint density at radius 3 is 2.15 bits per heavy atom. The highest BCUT2D eigenvalue weighted by Gasteiger charge is 2.33. The van der Waals surface area contributed by atoms with Gasteiger partial charge in [-0.25, -0.2) is 4.79 Å². The van der Waals surface area contributed by atoms with Gasteiger partial charge in [-0.1, -0.05) is 37.1 Å². The molecule has 0 unspecified atom stereocenters. The minimum Gasteiger partial charge on any atom is -0.367 e. The first-order valence-corrected chi connectivity index (χ1v) is 10.3. The summed E-state index contributed by atoms with van der Waals surface area (Å²) in [6.07, 6.45) is 3.94. The van der Waals surface area contributed by atoms with Crippen molar-refractivity contribution in [2.75, 3.05) is 26.2 Å². The lowest BCUT2D eigenvalue weighted by Crippen LogP contribution is -2.49. The average molecular weight is 374 g/mol. The first kappa shape index (κ1) is 20.3. The quantitative estimate of drug-likeness (QED) is 0.824. The fraction of sp³-hybridized carbons (Fsp3) is 0.682. The Morgan fingerprint density at radius 1 is 1.11 bits per heavy atom. The van der Waals surface area contributed by atoms with Crippen LogP contribution in [0.4, 0.5) is 0 Å². The fourth-order valence-electron chi connectivity index (χ4n) is 3.55. The molecule has 1 saturated heterocycles. The van der Waals surface area contributed by atoms with Crippen molar-refractivity contribution in [3.63, 3.8) is 0 Å². The van der Waals surface area contributed by atoms with E-state index in [0.717, 1.165) is 32.1 Å². The van der Waals surface area contributed by atoms with Crippen molar-refractivity contribution in [3.05, 3.63) is 35.4 Å². The molecule has 0 amide bonds. The van der Waals surface area contributed by atoms with Crippen LogP contribution in [0.25, 0.3) is 0 Å². The number of nitrogens with zero attached hydrogens (tertiary/aromatic N) is 2. The van der Waals surface area contributed by atoms with Crippen LogP contribution in [-0.4, -0.2) is 42.1 Å². The summed E-state index contributed by atoms with van der Waals surface area (Å²) in [5, 5.41) is 1.83. The Kier molecular flexibility index (Phi) is 6.24. The molecule has 2 N–H and O–H groups in total. The van der Waals surface area contributed by atoms with Gasteiger partial charge in [-0.2, -0.15) is 0 Å². The van der Waals surface area contributed by atoms with E-state index in [-0.39, 0.29) is 12.0 Å².